The average Bonchev–Trinajstić information content (AvgIpc) is 3.45. The quantitative estimate of drug-likeness (QED) is 0.397. The van der Waals surface area contributed by atoms with Gasteiger partial charge in [-0.2, -0.15) is 15.1 Å². The third-order valence-electron chi connectivity index (χ3n) is 5.85. The third-order valence-corrected chi connectivity index (χ3v) is 5.85. The highest BCUT2D eigenvalue weighted by Gasteiger charge is 2.22. The molecule has 0 aliphatic carbocycles. The number of fused-ring (bicyclic) bond motifs is 1. The van der Waals surface area contributed by atoms with E-state index in [2.05, 4.69) is 39.4 Å². The minimum Gasteiger partial charge on any atom is -0.474 e. The molecular weight excluding hydrogens is 418 g/mol. The summed E-state index contributed by atoms with van der Waals surface area (Å²) in [6.45, 7) is 5.41. The second kappa shape index (κ2) is 8.95. The second-order valence-corrected chi connectivity index (χ2v) is 7.98. The molecule has 4 heterocycles. The van der Waals surface area contributed by atoms with Crippen LogP contribution in [0.1, 0.15) is 18.4 Å². The summed E-state index contributed by atoms with van der Waals surface area (Å²) in [7, 11) is 3.73. The number of benzene rings is 1. The van der Waals surface area contributed by atoms with Crippen LogP contribution < -0.4 is 15.4 Å². The van der Waals surface area contributed by atoms with Gasteiger partial charge in [0.15, 0.2) is 0 Å². The van der Waals surface area contributed by atoms with Gasteiger partial charge in [0.05, 0.1) is 24.8 Å². The predicted molar refractivity (Wildman–Crippen MR) is 128 cm³/mol. The highest BCUT2D eigenvalue weighted by atomic mass is 16.5. The van der Waals surface area contributed by atoms with E-state index in [-0.39, 0.29) is 6.10 Å². The van der Waals surface area contributed by atoms with Crippen molar-refractivity contribution >= 4 is 28.5 Å². The fourth-order valence-electron chi connectivity index (χ4n) is 3.93. The van der Waals surface area contributed by atoms with E-state index in [0.29, 0.717) is 30.7 Å². The number of aryl methyl sites for hydroxylation is 1. The van der Waals surface area contributed by atoms with Crippen LogP contribution in [0.5, 0.6) is 5.88 Å². The SMILES string of the molecule is C=C(NC)c1ccc(-c2c[nH]c3nc(Nc4ccnn4C)nc(OC4CCOCC4)c23)cc1. The van der Waals surface area contributed by atoms with Crippen molar-refractivity contribution in [3.8, 4) is 17.0 Å². The van der Waals surface area contributed by atoms with Crippen molar-refractivity contribution in [3.63, 3.8) is 0 Å². The van der Waals surface area contributed by atoms with Gasteiger partial charge in [0.2, 0.25) is 11.8 Å². The van der Waals surface area contributed by atoms with Crippen molar-refractivity contribution in [2.75, 3.05) is 25.6 Å². The van der Waals surface area contributed by atoms with Crippen LogP contribution in [0.15, 0.2) is 49.3 Å². The lowest BCUT2D eigenvalue weighted by Crippen LogP contribution is -2.26. The molecule has 1 aliphatic rings. The first-order chi connectivity index (χ1) is 16.1. The molecule has 4 aromatic rings. The molecule has 3 aromatic heterocycles. The van der Waals surface area contributed by atoms with E-state index in [1.165, 1.54) is 0 Å². The summed E-state index contributed by atoms with van der Waals surface area (Å²) < 4.78 is 13.6. The summed E-state index contributed by atoms with van der Waals surface area (Å²) in [5, 5.41) is 11.4. The number of nitrogens with one attached hydrogen (secondary N) is 3. The Morgan fingerprint density at radius 3 is 2.67 bits per heavy atom. The summed E-state index contributed by atoms with van der Waals surface area (Å²) in [4.78, 5) is 12.8. The number of ether oxygens (including phenoxy) is 2. The average molecular weight is 446 g/mol. The zero-order valence-corrected chi connectivity index (χ0v) is 18.8. The summed E-state index contributed by atoms with van der Waals surface area (Å²) in [5.41, 5.74) is 4.65. The summed E-state index contributed by atoms with van der Waals surface area (Å²) in [6, 6.07) is 10.1. The Bertz CT molecular complexity index is 1270. The Kier molecular flexibility index (Phi) is 5.70. The molecule has 0 bridgehead atoms. The maximum Gasteiger partial charge on any atom is 0.233 e. The molecular formula is C24H27N7O2. The van der Waals surface area contributed by atoms with Crippen molar-refractivity contribution in [1.82, 2.24) is 30.0 Å². The van der Waals surface area contributed by atoms with Crippen LogP contribution in [0.2, 0.25) is 0 Å². The van der Waals surface area contributed by atoms with E-state index >= 15 is 0 Å². The molecule has 1 aromatic carbocycles. The fourth-order valence-corrected chi connectivity index (χ4v) is 3.93. The van der Waals surface area contributed by atoms with Crippen LogP contribution in [-0.2, 0) is 11.8 Å². The molecule has 0 atom stereocenters. The molecule has 3 N–H and O–H groups in total. The minimum absolute atomic E-state index is 0.0467. The zero-order valence-electron chi connectivity index (χ0n) is 18.8. The molecule has 33 heavy (non-hydrogen) atoms. The second-order valence-electron chi connectivity index (χ2n) is 7.98. The summed E-state index contributed by atoms with van der Waals surface area (Å²) in [5.74, 6) is 1.79. The molecule has 0 unspecified atom stereocenters. The highest BCUT2D eigenvalue weighted by molar-refractivity contribution is 5.98. The number of anilines is 2. The van der Waals surface area contributed by atoms with Gasteiger partial charge in [-0.15, -0.1) is 0 Å². The Balaban J connectivity index is 1.56. The summed E-state index contributed by atoms with van der Waals surface area (Å²) >= 11 is 0. The van der Waals surface area contributed by atoms with Crippen LogP contribution in [0, 0.1) is 0 Å². The first kappa shape index (κ1) is 21.0. The fraction of sp³-hybridized carbons (Fsp3) is 0.292. The van der Waals surface area contributed by atoms with Crippen molar-refractivity contribution in [2.45, 2.75) is 18.9 Å². The van der Waals surface area contributed by atoms with E-state index in [9.17, 15) is 0 Å². The molecule has 1 aliphatic heterocycles. The molecule has 9 heteroatoms. The van der Waals surface area contributed by atoms with Gasteiger partial charge in [0.1, 0.15) is 17.6 Å². The van der Waals surface area contributed by atoms with E-state index in [0.717, 1.165) is 46.4 Å². The van der Waals surface area contributed by atoms with E-state index in [4.69, 9.17) is 19.4 Å². The first-order valence-electron chi connectivity index (χ1n) is 11.0. The Morgan fingerprint density at radius 1 is 1.18 bits per heavy atom. The van der Waals surface area contributed by atoms with Gasteiger partial charge in [0, 0.05) is 50.5 Å². The number of aromatic amines is 1. The number of hydrogen-bond donors (Lipinski definition) is 3. The van der Waals surface area contributed by atoms with Crippen molar-refractivity contribution < 1.29 is 9.47 Å². The van der Waals surface area contributed by atoms with Crippen LogP contribution in [0.4, 0.5) is 11.8 Å². The van der Waals surface area contributed by atoms with Gasteiger partial charge >= 0.3 is 0 Å². The summed E-state index contributed by atoms with van der Waals surface area (Å²) in [6.07, 6.45) is 5.38. The Morgan fingerprint density at radius 2 is 1.97 bits per heavy atom. The van der Waals surface area contributed by atoms with Crippen LogP contribution in [-0.4, -0.2) is 51.1 Å². The van der Waals surface area contributed by atoms with E-state index in [1.54, 1.807) is 10.9 Å². The number of hydrogen-bond acceptors (Lipinski definition) is 7. The molecule has 0 spiro atoms. The highest BCUT2D eigenvalue weighted by Crippen LogP contribution is 2.36. The maximum absolute atomic E-state index is 6.42. The van der Waals surface area contributed by atoms with Crippen molar-refractivity contribution in [2.24, 2.45) is 7.05 Å². The zero-order chi connectivity index (χ0) is 22.8. The van der Waals surface area contributed by atoms with Crippen LogP contribution >= 0.6 is 0 Å². The van der Waals surface area contributed by atoms with Gasteiger partial charge in [-0.3, -0.25) is 4.68 Å². The van der Waals surface area contributed by atoms with E-state index < -0.39 is 0 Å². The Hall–Kier alpha value is -3.85. The molecule has 1 fully saturated rings. The lowest BCUT2D eigenvalue weighted by atomic mass is 10.0. The lowest BCUT2D eigenvalue weighted by Gasteiger charge is -2.23. The Labute approximate surface area is 191 Å². The molecule has 1 saturated heterocycles. The monoisotopic (exact) mass is 445 g/mol. The topological polar surface area (TPSA) is 102 Å². The molecule has 5 rings (SSSR count). The molecule has 0 saturated carbocycles. The van der Waals surface area contributed by atoms with Gasteiger partial charge in [-0.05, 0) is 11.1 Å². The third kappa shape index (κ3) is 4.27. The van der Waals surface area contributed by atoms with Crippen molar-refractivity contribution in [1.29, 1.82) is 0 Å². The molecule has 170 valence electrons. The van der Waals surface area contributed by atoms with Gasteiger partial charge in [0.25, 0.3) is 0 Å². The first-order valence-corrected chi connectivity index (χ1v) is 11.0. The number of nitrogens with zero attached hydrogens (tertiary/aromatic N) is 4. The normalized spacial score (nSPS) is 14.4. The number of rotatable bonds is 7. The lowest BCUT2D eigenvalue weighted by molar-refractivity contribution is 0.0245. The number of H-pyrrole nitrogens is 1. The van der Waals surface area contributed by atoms with Gasteiger partial charge in [-0.1, -0.05) is 30.8 Å². The largest absolute Gasteiger partial charge is 0.474 e. The molecule has 9 nitrogen and oxygen atoms in total. The van der Waals surface area contributed by atoms with Gasteiger partial charge in [-0.25, -0.2) is 0 Å². The standard InChI is InChI=1S/C24H27N7O2/c1-15(25-2)16-4-6-17(7-5-16)19-14-26-22-21(19)23(33-18-9-12-32-13-10-18)30-24(29-22)28-20-8-11-27-31(20)3/h4-8,11,14,18,25H,1,9-10,12-13H2,2-3H3,(H2,26,28,29,30). The van der Waals surface area contributed by atoms with E-state index in [1.807, 2.05) is 38.5 Å². The van der Waals surface area contributed by atoms with Gasteiger partial charge < -0.3 is 25.1 Å². The molecule has 0 radical (unpaired) electrons. The maximum atomic E-state index is 6.42. The van der Waals surface area contributed by atoms with Crippen molar-refractivity contribution in [3.05, 3.63) is 54.9 Å². The number of aromatic nitrogens is 5. The smallest absolute Gasteiger partial charge is 0.233 e. The molecule has 0 amide bonds. The van der Waals surface area contributed by atoms with Crippen LogP contribution in [0.25, 0.3) is 27.9 Å². The minimum atomic E-state index is 0.0467. The van der Waals surface area contributed by atoms with Crippen LogP contribution in [0.3, 0.4) is 0 Å². The predicted octanol–water partition coefficient (Wildman–Crippen LogP) is 3.85.